The first-order chi connectivity index (χ1) is 30.3. The van der Waals surface area contributed by atoms with E-state index in [-0.39, 0.29) is 36.1 Å². The SMILES string of the molecule is Cc1cc(C[C@@H](NC(=O)N2CCC(n3c(=O)[nH]c4ncccc43)CC2)C(=O)N[C@@H](CC2CCN(C(=O)OC(C)(C)C)CC2)C(=O)N2CCN(c3ccncc3)CC2)cc2cn[nH]c12. The molecule has 7 heterocycles. The molecule has 18 nitrogen and oxygen atoms in total. The van der Waals surface area contributed by atoms with Crippen molar-refractivity contribution in [3.63, 3.8) is 0 Å². The zero-order valence-electron chi connectivity index (χ0n) is 36.5. The van der Waals surface area contributed by atoms with E-state index in [1.807, 2.05) is 62.9 Å². The summed E-state index contributed by atoms with van der Waals surface area (Å²) in [5, 5.41) is 14.3. The van der Waals surface area contributed by atoms with Crippen LogP contribution in [0.3, 0.4) is 0 Å². The van der Waals surface area contributed by atoms with E-state index in [4.69, 9.17) is 4.74 Å². The Kier molecular flexibility index (Phi) is 12.7. The van der Waals surface area contributed by atoms with Crippen molar-refractivity contribution in [1.29, 1.82) is 0 Å². The molecule has 63 heavy (non-hydrogen) atoms. The Labute approximate surface area is 365 Å². The number of carbonyl (C=O) groups excluding carboxylic acids is 4. The summed E-state index contributed by atoms with van der Waals surface area (Å²) in [5.74, 6) is -0.573. The molecular weight excluding hydrogens is 805 g/mol. The van der Waals surface area contributed by atoms with E-state index in [1.54, 1.807) is 45.2 Å². The number of piperazine rings is 1. The van der Waals surface area contributed by atoms with Crippen molar-refractivity contribution in [2.45, 2.75) is 89.9 Å². The number of rotatable bonds is 10. The average molecular weight is 863 g/mol. The van der Waals surface area contributed by atoms with E-state index in [0.717, 1.165) is 33.2 Å². The number of aromatic nitrogens is 6. The van der Waals surface area contributed by atoms with Gasteiger partial charge in [0.15, 0.2) is 5.65 Å². The van der Waals surface area contributed by atoms with Crippen LogP contribution in [0.1, 0.15) is 70.0 Å². The lowest BCUT2D eigenvalue weighted by molar-refractivity contribution is -0.137. The van der Waals surface area contributed by atoms with E-state index >= 15 is 0 Å². The second-order valence-electron chi connectivity index (χ2n) is 18.1. The molecule has 3 aliphatic heterocycles. The van der Waals surface area contributed by atoms with Crippen LogP contribution < -0.4 is 21.2 Å². The number of aryl methyl sites for hydroxylation is 1. The number of nitrogens with zero attached hydrogens (tertiary/aromatic N) is 8. The van der Waals surface area contributed by atoms with Gasteiger partial charge in [0.1, 0.15) is 17.7 Å². The molecule has 0 bridgehead atoms. The normalized spacial score (nSPS) is 17.8. The highest BCUT2D eigenvalue weighted by molar-refractivity contribution is 5.92. The van der Waals surface area contributed by atoms with Crippen LogP contribution in [-0.4, -0.2) is 138 Å². The minimum atomic E-state index is -1.02. The summed E-state index contributed by atoms with van der Waals surface area (Å²) in [6.45, 7) is 11.4. The molecule has 0 radical (unpaired) electrons. The second-order valence-corrected chi connectivity index (χ2v) is 18.1. The lowest BCUT2D eigenvalue weighted by atomic mass is 9.89. The Hall–Kier alpha value is -6.46. The summed E-state index contributed by atoms with van der Waals surface area (Å²) >= 11 is 0. The van der Waals surface area contributed by atoms with Gasteiger partial charge in [-0.1, -0.05) is 6.07 Å². The molecule has 2 atom stereocenters. The zero-order chi connectivity index (χ0) is 44.3. The molecule has 4 aromatic heterocycles. The average Bonchev–Trinajstić information content (AvgIpc) is 3.90. The summed E-state index contributed by atoms with van der Waals surface area (Å²) < 4.78 is 7.35. The highest BCUT2D eigenvalue weighted by Crippen LogP contribution is 2.27. The van der Waals surface area contributed by atoms with Crippen LogP contribution in [0.4, 0.5) is 15.3 Å². The van der Waals surface area contributed by atoms with Crippen LogP contribution in [0.25, 0.3) is 22.1 Å². The number of ether oxygens (including phenoxy) is 1. The van der Waals surface area contributed by atoms with Crippen molar-refractivity contribution < 1.29 is 23.9 Å². The first-order valence-corrected chi connectivity index (χ1v) is 22.0. The number of anilines is 1. The first kappa shape index (κ1) is 43.2. The Balaban J connectivity index is 0.994. The number of hydrogen-bond acceptors (Lipinski definition) is 10. The molecule has 5 aromatic rings. The fourth-order valence-electron chi connectivity index (χ4n) is 9.23. The molecule has 8 rings (SSSR count). The first-order valence-electron chi connectivity index (χ1n) is 22.0. The smallest absolute Gasteiger partial charge is 0.410 e. The van der Waals surface area contributed by atoms with Crippen LogP contribution >= 0.6 is 0 Å². The molecule has 5 amide bonds. The van der Waals surface area contributed by atoms with Crippen molar-refractivity contribution in [3.8, 4) is 0 Å². The molecule has 0 aliphatic carbocycles. The highest BCUT2D eigenvalue weighted by atomic mass is 16.6. The van der Waals surface area contributed by atoms with Gasteiger partial charge in [0.25, 0.3) is 0 Å². The van der Waals surface area contributed by atoms with Gasteiger partial charge in [-0.05, 0) is 107 Å². The molecule has 3 fully saturated rings. The van der Waals surface area contributed by atoms with Crippen molar-refractivity contribution in [2.24, 2.45) is 5.92 Å². The van der Waals surface area contributed by atoms with Crippen LogP contribution in [-0.2, 0) is 20.7 Å². The number of urea groups is 1. The number of hydrogen-bond donors (Lipinski definition) is 4. The number of amides is 5. The Morgan fingerprint density at radius 2 is 1.57 bits per heavy atom. The molecule has 3 aliphatic rings. The van der Waals surface area contributed by atoms with E-state index < -0.39 is 29.6 Å². The Morgan fingerprint density at radius 3 is 2.29 bits per heavy atom. The van der Waals surface area contributed by atoms with Gasteiger partial charge in [-0.3, -0.25) is 29.2 Å². The minimum absolute atomic E-state index is 0.0527. The minimum Gasteiger partial charge on any atom is -0.444 e. The summed E-state index contributed by atoms with van der Waals surface area (Å²) in [6.07, 6.45) is 9.46. The summed E-state index contributed by atoms with van der Waals surface area (Å²) in [5.41, 5.74) is 4.11. The number of nitrogens with one attached hydrogen (secondary N) is 4. The zero-order valence-corrected chi connectivity index (χ0v) is 36.5. The summed E-state index contributed by atoms with van der Waals surface area (Å²) in [6, 6.07) is 9.10. The Morgan fingerprint density at radius 1 is 0.857 bits per heavy atom. The fraction of sp³-hybridized carbons (Fsp3) is 0.511. The molecule has 0 unspecified atom stereocenters. The third-order valence-corrected chi connectivity index (χ3v) is 12.5. The quantitative estimate of drug-likeness (QED) is 0.158. The molecular formula is C45H58N12O6. The molecule has 1 aromatic carbocycles. The number of piperidine rings is 2. The van der Waals surface area contributed by atoms with E-state index in [0.29, 0.717) is 90.1 Å². The van der Waals surface area contributed by atoms with E-state index in [2.05, 4.69) is 40.7 Å². The topological polar surface area (TPSA) is 207 Å². The molecule has 334 valence electrons. The summed E-state index contributed by atoms with van der Waals surface area (Å²) in [4.78, 5) is 87.9. The van der Waals surface area contributed by atoms with Crippen molar-refractivity contribution in [2.75, 3.05) is 57.3 Å². The number of imidazole rings is 1. The van der Waals surface area contributed by atoms with Gasteiger partial charge in [0, 0.05) is 94.5 Å². The standard InChI is InChI=1S/C45H58N12O6/c1-29-24-31(25-32-28-48-52-38(29)32)27-35(50-42(60)55-18-11-34(12-19-55)57-37-6-5-13-47-39(37)51-43(57)61)40(58)49-36(26-30-9-16-56(17-10-30)44(62)63-45(2,3)4)41(59)54-22-20-53(21-23-54)33-7-14-46-15-8-33/h5-8,13-15,24-25,28,30,34-36H,9-12,16-23,26-27H2,1-4H3,(H,48,52)(H,49,58)(H,50,60)(H,47,51,61)/t35-,36+/m1/s1. The van der Waals surface area contributed by atoms with Gasteiger partial charge < -0.3 is 35.0 Å². The third kappa shape index (κ3) is 10.1. The van der Waals surface area contributed by atoms with Gasteiger partial charge in [-0.25, -0.2) is 19.4 Å². The van der Waals surface area contributed by atoms with Crippen LogP contribution in [0.5, 0.6) is 0 Å². The number of carbonyl (C=O) groups is 4. The maximum atomic E-state index is 14.7. The number of pyridine rings is 2. The van der Waals surface area contributed by atoms with Gasteiger partial charge in [0.05, 0.1) is 17.2 Å². The number of benzene rings is 1. The molecule has 0 saturated carbocycles. The Bertz CT molecular complexity index is 2470. The van der Waals surface area contributed by atoms with Gasteiger partial charge in [-0.2, -0.15) is 5.10 Å². The number of fused-ring (bicyclic) bond motifs is 2. The van der Waals surface area contributed by atoms with Crippen LogP contribution in [0.15, 0.2) is 66.0 Å². The molecule has 0 spiro atoms. The van der Waals surface area contributed by atoms with Crippen LogP contribution in [0.2, 0.25) is 0 Å². The monoisotopic (exact) mass is 862 g/mol. The van der Waals surface area contributed by atoms with Crippen molar-refractivity contribution in [1.82, 2.24) is 55.0 Å². The maximum Gasteiger partial charge on any atom is 0.410 e. The van der Waals surface area contributed by atoms with E-state index in [1.165, 1.54) is 0 Å². The van der Waals surface area contributed by atoms with Crippen LogP contribution in [0, 0.1) is 12.8 Å². The predicted molar refractivity (Wildman–Crippen MR) is 237 cm³/mol. The lowest BCUT2D eigenvalue weighted by Crippen LogP contribution is -2.59. The second kappa shape index (κ2) is 18.5. The van der Waals surface area contributed by atoms with Gasteiger partial charge >= 0.3 is 17.8 Å². The highest BCUT2D eigenvalue weighted by Gasteiger charge is 2.36. The predicted octanol–water partition coefficient (Wildman–Crippen LogP) is 4.13. The molecule has 3 saturated heterocycles. The largest absolute Gasteiger partial charge is 0.444 e. The maximum absolute atomic E-state index is 14.7. The fourth-order valence-corrected chi connectivity index (χ4v) is 9.23. The van der Waals surface area contributed by atoms with Crippen molar-refractivity contribution in [3.05, 3.63) is 82.8 Å². The summed E-state index contributed by atoms with van der Waals surface area (Å²) in [7, 11) is 0. The molecule has 18 heteroatoms. The van der Waals surface area contributed by atoms with Gasteiger partial charge in [-0.15, -0.1) is 0 Å². The third-order valence-electron chi connectivity index (χ3n) is 12.5. The van der Waals surface area contributed by atoms with E-state index in [9.17, 15) is 24.0 Å². The number of H-pyrrole nitrogens is 2. The lowest BCUT2D eigenvalue weighted by Gasteiger charge is -2.39. The van der Waals surface area contributed by atoms with Gasteiger partial charge in [0.2, 0.25) is 11.8 Å². The van der Waals surface area contributed by atoms with Crippen molar-refractivity contribution >= 4 is 51.7 Å². The number of aromatic amines is 2. The number of likely N-dealkylation sites (tertiary alicyclic amines) is 2. The molecule has 4 N–H and O–H groups in total.